The Morgan fingerprint density at radius 3 is 2.16 bits per heavy atom. The number of hydrogen-bond donors (Lipinski definition) is 1. The lowest BCUT2D eigenvalue weighted by Gasteiger charge is -2.33. The van der Waals surface area contributed by atoms with Gasteiger partial charge in [-0.2, -0.15) is 0 Å². The lowest BCUT2D eigenvalue weighted by molar-refractivity contribution is -0.140. The summed E-state index contributed by atoms with van der Waals surface area (Å²) in [4.78, 5) is 28.4. The van der Waals surface area contributed by atoms with Crippen molar-refractivity contribution in [3.05, 3.63) is 95.0 Å². The van der Waals surface area contributed by atoms with Gasteiger partial charge in [0.25, 0.3) is 10.0 Å². The lowest BCUT2D eigenvalue weighted by Crippen LogP contribution is -2.54. The number of aryl methyl sites for hydroxylation is 1. The number of anilines is 1. The second kappa shape index (κ2) is 12.0. The SMILES string of the molecule is Cc1ccc(N(CC(=O)N(Cc2cccc(Cl)c2)[C@@H](C)C(=O)NC(C)(C)C)S(=O)(=O)c2ccccc2)cc1. The van der Waals surface area contributed by atoms with Crippen LogP contribution in [0, 0.1) is 6.92 Å². The number of sulfonamides is 1. The topological polar surface area (TPSA) is 86.8 Å². The molecule has 0 aliphatic rings. The van der Waals surface area contributed by atoms with Crippen molar-refractivity contribution in [1.29, 1.82) is 0 Å². The van der Waals surface area contributed by atoms with Gasteiger partial charge in [0.2, 0.25) is 11.8 Å². The first-order chi connectivity index (χ1) is 17.8. The minimum atomic E-state index is -4.09. The molecule has 0 heterocycles. The Balaban J connectivity index is 2.02. The second-order valence-corrected chi connectivity index (χ2v) is 12.5. The molecule has 1 N–H and O–H groups in total. The Morgan fingerprint density at radius 2 is 1.58 bits per heavy atom. The summed E-state index contributed by atoms with van der Waals surface area (Å²) in [6.07, 6.45) is 0. The largest absolute Gasteiger partial charge is 0.350 e. The van der Waals surface area contributed by atoms with Gasteiger partial charge in [-0.3, -0.25) is 13.9 Å². The highest BCUT2D eigenvalue weighted by atomic mass is 35.5. The average Bonchev–Trinajstić information content (AvgIpc) is 2.85. The Kier molecular flexibility index (Phi) is 9.22. The summed E-state index contributed by atoms with van der Waals surface area (Å²) in [5.74, 6) is -0.873. The zero-order valence-corrected chi connectivity index (χ0v) is 23.9. The zero-order chi connectivity index (χ0) is 28.1. The summed E-state index contributed by atoms with van der Waals surface area (Å²) in [7, 11) is -4.09. The minimum absolute atomic E-state index is 0.0632. The molecule has 0 saturated heterocycles. The molecule has 0 aromatic heterocycles. The quantitative estimate of drug-likeness (QED) is 0.394. The van der Waals surface area contributed by atoms with Gasteiger partial charge >= 0.3 is 0 Å². The van der Waals surface area contributed by atoms with Crippen molar-refractivity contribution in [3.8, 4) is 0 Å². The number of hydrogen-bond acceptors (Lipinski definition) is 4. The first-order valence-electron chi connectivity index (χ1n) is 12.3. The molecule has 0 aliphatic heterocycles. The van der Waals surface area contributed by atoms with Crippen molar-refractivity contribution >= 4 is 39.1 Å². The van der Waals surface area contributed by atoms with E-state index < -0.39 is 34.1 Å². The van der Waals surface area contributed by atoms with Crippen molar-refractivity contribution in [2.24, 2.45) is 0 Å². The van der Waals surface area contributed by atoms with E-state index in [-0.39, 0.29) is 17.3 Å². The number of carbonyl (C=O) groups excluding carboxylic acids is 2. The molecular weight excluding hydrogens is 522 g/mol. The molecule has 38 heavy (non-hydrogen) atoms. The van der Waals surface area contributed by atoms with Crippen LogP contribution in [0.25, 0.3) is 0 Å². The van der Waals surface area contributed by atoms with E-state index in [9.17, 15) is 18.0 Å². The number of rotatable bonds is 9. The maximum absolute atomic E-state index is 13.9. The van der Waals surface area contributed by atoms with Crippen LogP contribution in [0.3, 0.4) is 0 Å². The van der Waals surface area contributed by atoms with Crippen LogP contribution in [-0.2, 0) is 26.2 Å². The number of carbonyl (C=O) groups is 2. The number of nitrogens with one attached hydrogen (secondary N) is 1. The molecule has 0 unspecified atom stereocenters. The van der Waals surface area contributed by atoms with Crippen LogP contribution in [-0.4, -0.2) is 43.3 Å². The van der Waals surface area contributed by atoms with E-state index in [0.717, 1.165) is 9.87 Å². The van der Waals surface area contributed by atoms with E-state index in [1.165, 1.54) is 17.0 Å². The van der Waals surface area contributed by atoms with E-state index in [0.29, 0.717) is 16.3 Å². The Labute approximate surface area is 230 Å². The molecule has 0 aliphatic carbocycles. The smallest absolute Gasteiger partial charge is 0.264 e. The zero-order valence-electron chi connectivity index (χ0n) is 22.3. The molecule has 3 rings (SSSR count). The molecule has 0 spiro atoms. The minimum Gasteiger partial charge on any atom is -0.350 e. The van der Waals surface area contributed by atoms with Gasteiger partial charge in [-0.25, -0.2) is 8.42 Å². The summed E-state index contributed by atoms with van der Waals surface area (Å²) < 4.78 is 28.5. The number of nitrogens with zero attached hydrogens (tertiary/aromatic N) is 2. The van der Waals surface area contributed by atoms with Crippen LogP contribution in [0.1, 0.15) is 38.8 Å². The average molecular weight is 556 g/mol. The molecule has 9 heteroatoms. The lowest BCUT2D eigenvalue weighted by atomic mass is 10.1. The van der Waals surface area contributed by atoms with Crippen molar-refractivity contribution in [3.63, 3.8) is 0 Å². The van der Waals surface area contributed by atoms with E-state index in [4.69, 9.17) is 11.6 Å². The van der Waals surface area contributed by atoms with Crippen molar-refractivity contribution in [1.82, 2.24) is 10.2 Å². The summed E-state index contributed by atoms with van der Waals surface area (Å²) in [5.41, 5.74) is 1.50. The summed E-state index contributed by atoms with van der Waals surface area (Å²) in [5, 5.41) is 3.40. The molecule has 3 aromatic rings. The van der Waals surface area contributed by atoms with Crippen LogP contribution in [0.15, 0.2) is 83.8 Å². The third-order valence-corrected chi connectivity index (χ3v) is 7.86. The maximum Gasteiger partial charge on any atom is 0.264 e. The fourth-order valence-corrected chi connectivity index (χ4v) is 5.50. The molecule has 0 bridgehead atoms. The highest BCUT2D eigenvalue weighted by molar-refractivity contribution is 7.92. The van der Waals surface area contributed by atoms with Crippen molar-refractivity contribution in [2.75, 3.05) is 10.8 Å². The number of halogens is 1. The summed E-state index contributed by atoms with van der Waals surface area (Å²) in [6.45, 7) is 8.67. The molecule has 1 atom stereocenters. The standard InChI is InChI=1S/C29H34ClN3O4S/c1-21-14-16-25(17-15-21)33(38(36,37)26-12-7-6-8-13-26)20-27(34)32(19-23-10-9-11-24(30)18-23)22(2)28(35)31-29(3,4)5/h6-18,22H,19-20H2,1-5H3,(H,31,35)/t22-/m0/s1. The normalized spacial score (nSPS) is 12.5. The molecule has 3 aromatic carbocycles. The van der Waals surface area contributed by atoms with Gasteiger partial charge in [-0.15, -0.1) is 0 Å². The van der Waals surface area contributed by atoms with Gasteiger partial charge in [0.1, 0.15) is 12.6 Å². The molecule has 2 amide bonds. The van der Waals surface area contributed by atoms with Crippen molar-refractivity contribution in [2.45, 2.75) is 57.6 Å². The molecule has 202 valence electrons. The predicted molar refractivity (Wildman–Crippen MR) is 152 cm³/mol. The van der Waals surface area contributed by atoms with Gasteiger partial charge in [-0.05, 0) is 76.6 Å². The van der Waals surface area contributed by atoms with Gasteiger partial charge in [0.05, 0.1) is 10.6 Å². The number of benzene rings is 3. The van der Waals surface area contributed by atoms with Crippen LogP contribution in [0.5, 0.6) is 0 Å². The third kappa shape index (κ3) is 7.58. The second-order valence-electron chi connectivity index (χ2n) is 10.2. The van der Waals surface area contributed by atoms with E-state index in [2.05, 4.69) is 5.32 Å². The molecular formula is C29H34ClN3O4S. The van der Waals surface area contributed by atoms with Gasteiger partial charge in [-0.1, -0.05) is 59.6 Å². The summed E-state index contributed by atoms with van der Waals surface area (Å²) >= 11 is 6.17. The van der Waals surface area contributed by atoms with Gasteiger partial charge in [0, 0.05) is 17.1 Å². The first kappa shape index (κ1) is 29.2. The van der Waals surface area contributed by atoms with Gasteiger partial charge in [0.15, 0.2) is 0 Å². The maximum atomic E-state index is 13.9. The predicted octanol–water partition coefficient (Wildman–Crippen LogP) is 5.18. The van der Waals surface area contributed by atoms with E-state index in [1.807, 2.05) is 27.7 Å². The van der Waals surface area contributed by atoms with Crippen molar-refractivity contribution < 1.29 is 18.0 Å². The summed E-state index contributed by atoms with van der Waals surface area (Å²) in [6, 6.07) is 21.0. The van der Waals surface area contributed by atoms with E-state index in [1.54, 1.807) is 73.7 Å². The first-order valence-corrected chi connectivity index (χ1v) is 14.1. The highest BCUT2D eigenvalue weighted by Crippen LogP contribution is 2.25. The fraction of sp³-hybridized carbons (Fsp3) is 0.310. The molecule has 0 radical (unpaired) electrons. The van der Waals surface area contributed by atoms with Crippen LogP contribution in [0.2, 0.25) is 5.02 Å². The van der Waals surface area contributed by atoms with E-state index >= 15 is 0 Å². The molecule has 0 fully saturated rings. The molecule has 7 nitrogen and oxygen atoms in total. The Bertz CT molecular complexity index is 1370. The Hall–Kier alpha value is -3.36. The van der Waals surface area contributed by atoms with Crippen LogP contribution in [0.4, 0.5) is 5.69 Å². The van der Waals surface area contributed by atoms with Gasteiger partial charge < -0.3 is 10.2 Å². The number of amides is 2. The van der Waals surface area contributed by atoms with Crippen LogP contribution >= 0.6 is 11.6 Å². The fourth-order valence-electron chi connectivity index (χ4n) is 3.85. The molecule has 0 saturated carbocycles. The third-order valence-electron chi connectivity index (χ3n) is 5.84. The van der Waals surface area contributed by atoms with Crippen LogP contribution < -0.4 is 9.62 Å². The Morgan fingerprint density at radius 1 is 0.947 bits per heavy atom. The monoisotopic (exact) mass is 555 g/mol. The highest BCUT2D eigenvalue weighted by Gasteiger charge is 2.33.